The molecule has 0 unspecified atom stereocenters. The van der Waals surface area contributed by atoms with Gasteiger partial charge in [0.15, 0.2) is 0 Å². The molecule has 0 amide bonds. The first-order valence-electron chi connectivity index (χ1n) is 9.22. The molecule has 0 bridgehead atoms. The van der Waals surface area contributed by atoms with Gasteiger partial charge in [-0.1, -0.05) is 12.8 Å². The van der Waals surface area contributed by atoms with Gasteiger partial charge < -0.3 is 9.80 Å². The fraction of sp³-hybridized carbons (Fsp3) is 0.889. The average Bonchev–Trinajstić information content (AvgIpc) is 2.54. The number of carbonyl (C=O) groups excluding carboxylic acids is 2. The fourth-order valence-electron chi connectivity index (χ4n) is 4.27. The van der Waals surface area contributed by atoms with Gasteiger partial charge in [-0.2, -0.15) is 0 Å². The molecule has 0 aromatic heterocycles. The third-order valence-electron chi connectivity index (χ3n) is 5.78. The average molecular weight is 306 g/mol. The minimum absolute atomic E-state index is 0.292. The van der Waals surface area contributed by atoms with Crippen LogP contribution < -0.4 is 0 Å². The fourth-order valence-corrected chi connectivity index (χ4v) is 4.27. The van der Waals surface area contributed by atoms with Gasteiger partial charge in [-0.15, -0.1) is 0 Å². The minimum atomic E-state index is 0.292. The molecule has 0 radical (unpaired) electrons. The monoisotopic (exact) mass is 306 g/mol. The third-order valence-corrected chi connectivity index (χ3v) is 5.78. The molecule has 1 aliphatic heterocycles. The molecular weight excluding hydrogens is 276 g/mol. The molecule has 0 spiro atoms. The van der Waals surface area contributed by atoms with Crippen molar-refractivity contribution in [3.63, 3.8) is 0 Å². The number of rotatable bonds is 4. The smallest absolute Gasteiger partial charge is 0.137 e. The first-order valence-corrected chi connectivity index (χ1v) is 9.22. The summed E-state index contributed by atoms with van der Waals surface area (Å²) in [6.45, 7) is 6.18. The highest BCUT2D eigenvalue weighted by Crippen LogP contribution is 2.24. The van der Waals surface area contributed by atoms with Crippen LogP contribution in [0.3, 0.4) is 0 Å². The van der Waals surface area contributed by atoms with Crippen molar-refractivity contribution in [1.29, 1.82) is 0 Å². The van der Waals surface area contributed by atoms with Crippen LogP contribution >= 0.6 is 0 Å². The first kappa shape index (κ1) is 16.1. The second-order valence-electron chi connectivity index (χ2n) is 7.42. The molecule has 3 fully saturated rings. The van der Waals surface area contributed by atoms with Gasteiger partial charge in [0.05, 0.1) is 0 Å². The number of carbonyl (C=O) groups is 2. The maximum atomic E-state index is 12.0. The van der Waals surface area contributed by atoms with Gasteiger partial charge in [-0.3, -0.25) is 9.59 Å². The molecule has 2 aliphatic carbocycles. The lowest BCUT2D eigenvalue weighted by molar-refractivity contribution is -0.126. The van der Waals surface area contributed by atoms with Crippen LogP contribution in [0.2, 0.25) is 0 Å². The Kier molecular flexibility index (Phi) is 5.64. The Labute approximate surface area is 134 Å². The molecule has 2 atom stereocenters. The van der Waals surface area contributed by atoms with Crippen molar-refractivity contribution in [2.45, 2.75) is 51.4 Å². The Hall–Kier alpha value is -0.740. The number of piperazine rings is 1. The zero-order valence-corrected chi connectivity index (χ0v) is 13.8. The van der Waals surface area contributed by atoms with E-state index in [9.17, 15) is 9.59 Å². The zero-order chi connectivity index (χ0) is 15.4. The summed E-state index contributed by atoms with van der Waals surface area (Å²) in [6.07, 6.45) is 8.42. The standard InChI is InChI=1S/C18H30N2O2/c21-17-7-3-1-5-15(17)13-19-9-11-20(12-10-19)14-16-6-2-4-8-18(16)22/h15-16H,1-14H2/t15-,16+. The second kappa shape index (κ2) is 7.69. The van der Waals surface area contributed by atoms with Crippen LogP contribution in [0, 0.1) is 11.8 Å². The van der Waals surface area contributed by atoms with Gasteiger partial charge >= 0.3 is 0 Å². The molecule has 3 rings (SSSR count). The van der Waals surface area contributed by atoms with Crippen LogP contribution in [-0.4, -0.2) is 60.6 Å². The summed E-state index contributed by atoms with van der Waals surface area (Å²) in [5.74, 6) is 1.56. The molecule has 4 heteroatoms. The van der Waals surface area contributed by atoms with E-state index in [0.29, 0.717) is 23.4 Å². The number of hydrogen-bond acceptors (Lipinski definition) is 4. The zero-order valence-electron chi connectivity index (χ0n) is 13.8. The van der Waals surface area contributed by atoms with Crippen LogP contribution in [0.25, 0.3) is 0 Å². The summed E-state index contributed by atoms with van der Waals surface area (Å²) in [5.41, 5.74) is 0. The van der Waals surface area contributed by atoms with Crippen LogP contribution in [0.5, 0.6) is 0 Å². The molecule has 0 N–H and O–H groups in total. The first-order chi connectivity index (χ1) is 10.7. The van der Waals surface area contributed by atoms with Crippen molar-refractivity contribution in [3.8, 4) is 0 Å². The van der Waals surface area contributed by atoms with E-state index < -0.39 is 0 Å². The van der Waals surface area contributed by atoms with Crippen molar-refractivity contribution in [1.82, 2.24) is 9.80 Å². The molecule has 0 aromatic carbocycles. The van der Waals surface area contributed by atoms with Crippen LogP contribution in [-0.2, 0) is 9.59 Å². The predicted molar refractivity (Wildman–Crippen MR) is 86.8 cm³/mol. The maximum absolute atomic E-state index is 12.0. The maximum Gasteiger partial charge on any atom is 0.137 e. The lowest BCUT2D eigenvalue weighted by Gasteiger charge is -2.38. The van der Waals surface area contributed by atoms with Gasteiger partial charge in [0.1, 0.15) is 11.6 Å². The Morgan fingerprint density at radius 1 is 0.682 bits per heavy atom. The Bertz CT molecular complexity index is 364. The van der Waals surface area contributed by atoms with E-state index in [1.165, 1.54) is 12.8 Å². The van der Waals surface area contributed by atoms with Crippen LogP contribution in [0.4, 0.5) is 0 Å². The molecule has 124 valence electrons. The lowest BCUT2D eigenvalue weighted by atomic mass is 9.87. The van der Waals surface area contributed by atoms with Crippen molar-refractivity contribution in [2.75, 3.05) is 39.3 Å². The van der Waals surface area contributed by atoms with E-state index in [-0.39, 0.29) is 0 Å². The molecule has 4 nitrogen and oxygen atoms in total. The molecule has 1 heterocycles. The van der Waals surface area contributed by atoms with Gasteiger partial charge in [0.25, 0.3) is 0 Å². The molecule has 2 saturated carbocycles. The van der Waals surface area contributed by atoms with E-state index in [4.69, 9.17) is 0 Å². The SMILES string of the molecule is O=C1CCCC[C@@H]1CN1CCN(C[C@@H]2CCCCC2=O)CC1. The van der Waals surface area contributed by atoms with Crippen molar-refractivity contribution in [3.05, 3.63) is 0 Å². The highest BCUT2D eigenvalue weighted by Gasteiger charge is 2.28. The van der Waals surface area contributed by atoms with E-state index in [1.807, 2.05) is 0 Å². The largest absolute Gasteiger partial charge is 0.300 e. The molecule has 0 aromatic rings. The molecule has 22 heavy (non-hydrogen) atoms. The lowest BCUT2D eigenvalue weighted by Crippen LogP contribution is -2.50. The summed E-state index contributed by atoms with van der Waals surface area (Å²) in [4.78, 5) is 28.8. The van der Waals surface area contributed by atoms with E-state index in [0.717, 1.165) is 77.8 Å². The van der Waals surface area contributed by atoms with Gasteiger partial charge in [-0.05, 0) is 25.7 Å². The minimum Gasteiger partial charge on any atom is -0.300 e. The summed E-state index contributed by atoms with van der Waals surface area (Å²) in [6, 6.07) is 0. The van der Waals surface area contributed by atoms with Gasteiger partial charge in [0, 0.05) is 63.9 Å². The number of hydrogen-bond donors (Lipinski definition) is 0. The van der Waals surface area contributed by atoms with Gasteiger partial charge in [0.2, 0.25) is 0 Å². The van der Waals surface area contributed by atoms with Gasteiger partial charge in [-0.25, -0.2) is 0 Å². The highest BCUT2D eigenvalue weighted by molar-refractivity contribution is 5.82. The summed E-state index contributed by atoms with van der Waals surface area (Å²) < 4.78 is 0. The molecular formula is C18H30N2O2. The molecule has 3 aliphatic rings. The summed E-state index contributed by atoms with van der Waals surface area (Å²) in [7, 11) is 0. The summed E-state index contributed by atoms with van der Waals surface area (Å²) in [5, 5.41) is 0. The Morgan fingerprint density at radius 3 is 1.45 bits per heavy atom. The Morgan fingerprint density at radius 2 is 1.09 bits per heavy atom. The molecule has 1 saturated heterocycles. The number of ketones is 2. The third kappa shape index (κ3) is 4.17. The normalized spacial score (nSPS) is 32.4. The van der Waals surface area contributed by atoms with Crippen LogP contribution in [0.15, 0.2) is 0 Å². The quantitative estimate of drug-likeness (QED) is 0.798. The van der Waals surface area contributed by atoms with E-state index in [1.54, 1.807) is 0 Å². The Balaban J connectivity index is 1.40. The number of Topliss-reactive ketones (excluding diaryl/α,β-unsaturated/α-hetero) is 2. The highest BCUT2D eigenvalue weighted by atomic mass is 16.1. The van der Waals surface area contributed by atoms with Crippen molar-refractivity contribution in [2.24, 2.45) is 11.8 Å². The second-order valence-corrected chi connectivity index (χ2v) is 7.42. The van der Waals surface area contributed by atoms with E-state index in [2.05, 4.69) is 9.80 Å². The topological polar surface area (TPSA) is 40.6 Å². The predicted octanol–water partition coefficient (Wildman–Crippen LogP) is 2.12. The summed E-state index contributed by atoms with van der Waals surface area (Å²) >= 11 is 0. The van der Waals surface area contributed by atoms with Crippen molar-refractivity contribution < 1.29 is 9.59 Å². The number of nitrogens with zero attached hydrogens (tertiary/aromatic N) is 2. The van der Waals surface area contributed by atoms with Crippen LogP contribution in [0.1, 0.15) is 51.4 Å². The van der Waals surface area contributed by atoms with E-state index >= 15 is 0 Å². The van der Waals surface area contributed by atoms with Crippen molar-refractivity contribution >= 4 is 11.6 Å².